The molecule has 0 unspecified atom stereocenters. The van der Waals surface area contributed by atoms with Crippen LogP contribution in [0.5, 0.6) is 0 Å². The van der Waals surface area contributed by atoms with E-state index in [1.165, 1.54) is 6.07 Å². The highest BCUT2D eigenvalue weighted by atomic mass is 19.2. The maximum absolute atomic E-state index is 13.2. The van der Waals surface area contributed by atoms with Crippen molar-refractivity contribution in [3.63, 3.8) is 0 Å². The summed E-state index contributed by atoms with van der Waals surface area (Å²) in [5, 5.41) is 6.19. The van der Waals surface area contributed by atoms with Crippen LogP contribution in [0.25, 0.3) is 0 Å². The van der Waals surface area contributed by atoms with Crippen molar-refractivity contribution in [1.82, 2.24) is 14.9 Å². The van der Waals surface area contributed by atoms with Crippen molar-refractivity contribution >= 4 is 17.3 Å². The van der Waals surface area contributed by atoms with Crippen LogP contribution in [0.3, 0.4) is 0 Å². The van der Waals surface area contributed by atoms with Crippen molar-refractivity contribution in [2.75, 3.05) is 37.8 Å². The van der Waals surface area contributed by atoms with Crippen molar-refractivity contribution in [2.24, 2.45) is 0 Å². The Morgan fingerprint density at radius 1 is 1.04 bits per heavy atom. The molecule has 1 heterocycles. The lowest BCUT2D eigenvalue weighted by Gasteiger charge is -2.12. The molecule has 2 rings (SSSR count). The molecule has 23 heavy (non-hydrogen) atoms. The zero-order valence-electron chi connectivity index (χ0n) is 13.5. The number of hydrogen-bond donors (Lipinski definition) is 2. The topological polar surface area (TPSA) is 53.1 Å². The molecule has 2 N–H and O–H groups in total. The summed E-state index contributed by atoms with van der Waals surface area (Å²) in [6, 6.07) is 5.37. The molecule has 0 aliphatic carbocycles. The van der Waals surface area contributed by atoms with Gasteiger partial charge in [0.25, 0.3) is 0 Å². The quantitative estimate of drug-likeness (QED) is 0.767. The summed E-state index contributed by atoms with van der Waals surface area (Å²) in [7, 11) is 4.05. The van der Waals surface area contributed by atoms with E-state index in [4.69, 9.17) is 0 Å². The van der Waals surface area contributed by atoms with Gasteiger partial charge in [-0.25, -0.2) is 18.7 Å². The number of aromatic nitrogens is 2. The van der Waals surface area contributed by atoms with Crippen LogP contribution in [-0.4, -0.2) is 42.1 Å². The van der Waals surface area contributed by atoms with E-state index >= 15 is 0 Å². The van der Waals surface area contributed by atoms with Crippen LogP contribution in [0.15, 0.2) is 24.3 Å². The zero-order chi connectivity index (χ0) is 16.8. The fraction of sp³-hybridized carbons (Fsp3) is 0.375. The molecular weight excluding hydrogens is 300 g/mol. The maximum Gasteiger partial charge on any atom is 0.160 e. The van der Waals surface area contributed by atoms with E-state index in [2.05, 4.69) is 25.5 Å². The van der Waals surface area contributed by atoms with Crippen molar-refractivity contribution in [2.45, 2.75) is 13.3 Å². The van der Waals surface area contributed by atoms with E-state index in [0.717, 1.165) is 31.6 Å². The van der Waals surface area contributed by atoms with Gasteiger partial charge in [0.1, 0.15) is 17.5 Å². The summed E-state index contributed by atoms with van der Waals surface area (Å²) in [5.41, 5.74) is 0.431. The molecular formula is C16H21F2N5. The smallest absolute Gasteiger partial charge is 0.160 e. The third kappa shape index (κ3) is 5.45. The summed E-state index contributed by atoms with van der Waals surface area (Å²) in [6.07, 6.45) is 0.988. The fourth-order valence-corrected chi connectivity index (χ4v) is 2.06. The Morgan fingerprint density at radius 2 is 1.78 bits per heavy atom. The van der Waals surface area contributed by atoms with Gasteiger partial charge in [0, 0.05) is 24.4 Å². The Morgan fingerprint density at radius 3 is 2.48 bits per heavy atom. The second-order valence-corrected chi connectivity index (χ2v) is 5.52. The van der Waals surface area contributed by atoms with Gasteiger partial charge in [-0.2, -0.15) is 0 Å². The molecule has 0 spiro atoms. The molecule has 0 aliphatic rings. The van der Waals surface area contributed by atoms with E-state index in [1.807, 2.05) is 14.1 Å². The van der Waals surface area contributed by atoms with E-state index < -0.39 is 11.6 Å². The molecule has 0 saturated heterocycles. The average Bonchev–Trinajstić information content (AvgIpc) is 2.47. The second kappa shape index (κ2) is 7.82. The summed E-state index contributed by atoms with van der Waals surface area (Å²) in [5.74, 6) is 0.0353. The predicted octanol–water partition coefficient (Wildman–Crippen LogP) is 3.17. The van der Waals surface area contributed by atoms with Gasteiger partial charge in [0.15, 0.2) is 11.6 Å². The molecule has 7 heteroatoms. The Labute approximate surface area is 134 Å². The maximum atomic E-state index is 13.2. The highest BCUT2D eigenvalue weighted by Crippen LogP contribution is 2.19. The average molecular weight is 321 g/mol. The number of nitrogens with zero attached hydrogens (tertiary/aromatic N) is 3. The van der Waals surface area contributed by atoms with Crippen LogP contribution >= 0.6 is 0 Å². The third-order valence-corrected chi connectivity index (χ3v) is 3.12. The lowest BCUT2D eigenvalue weighted by atomic mass is 10.3. The molecule has 0 atom stereocenters. The van der Waals surface area contributed by atoms with E-state index in [9.17, 15) is 8.78 Å². The summed E-state index contributed by atoms with van der Waals surface area (Å²) in [4.78, 5) is 10.7. The first-order chi connectivity index (χ1) is 10.9. The molecule has 0 saturated carbocycles. The number of benzene rings is 1. The van der Waals surface area contributed by atoms with Gasteiger partial charge in [0.2, 0.25) is 0 Å². The Bertz CT molecular complexity index is 661. The standard InChI is InChI=1S/C16H21F2N5/c1-11-20-15(19-7-4-8-23(2)3)10-16(21-11)22-12-5-6-13(17)14(18)9-12/h5-6,9-10H,4,7-8H2,1-3H3,(H2,19,20,21,22). The van der Waals surface area contributed by atoms with Crippen molar-refractivity contribution in [3.8, 4) is 0 Å². The molecule has 0 amide bonds. The zero-order valence-corrected chi connectivity index (χ0v) is 13.5. The number of nitrogens with one attached hydrogen (secondary N) is 2. The predicted molar refractivity (Wildman–Crippen MR) is 88.1 cm³/mol. The van der Waals surface area contributed by atoms with Gasteiger partial charge in [0.05, 0.1) is 0 Å². The van der Waals surface area contributed by atoms with Crippen molar-refractivity contribution in [3.05, 3.63) is 41.7 Å². The van der Waals surface area contributed by atoms with Gasteiger partial charge in [-0.15, -0.1) is 0 Å². The molecule has 2 aromatic rings. The molecule has 0 radical (unpaired) electrons. The Balaban J connectivity index is 2.03. The first-order valence-electron chi connectivity index (χ1n) is 7.40. The number of hydrogen-bond acceptors (Lipinski definition) is 5. The van der Waals surface area contributed by atoms with Crippen LogP contribution in [0.1, 0.15) is 12.2 Å². The first kappa shape index (κ1) is 17.1. The molecule has 124 valence electrons. The van der Waals surface area contributed by atoms with Crippen molar-refractivity contribution < 1.29 is 8.78 Å². The van der Waals surface area contributed by atoms with Crippen LogP contribution in [0, 0.1) is 18.6 Å². The molecule has 1 aromatic carbocycles. The molecule has 5 nitrogen and oxygen atoms in total. The highest BCUT2D eigenvalue weighted by molar-refractivity contribution is 5.59. The third-order valence-electron chi connectivity index (χ3n) is 3.12. The summed E-state index contributed by atoms with van der Waals surface area (Å²) in [6.45, 7) is 3.55. The SMILES string of the molecule is Cc1nc(NCCCN(C)C)cc(Nc2ccc(F)c(F)c2)n1. The van der Waals surface area contributed by atoms with Gasteiger partial charge >= 0.3 is 0 Å². The fourth-order valence-electron chi connectivity index (χ4n) is 2.06. The van der Waals surface area contributed by atoms with Gasteiger partial charge in [-0.05, 0) is 46.1 Å². The largest absolute Gasteiger partial charge is 0.370 e. The normalized spacial score (nSPS) is 10.9. The molecule has 0 bridgehead atoms. The Hall–Kier alpha value is -2.28. The highest BCUT2D eigenvalue weighted by Gasteiger charge is 2.05. The van der Waals surface area contributed by atoms with E-state index in [0.29, 0.717) is 23.1 Å². The van der Waals surface area contributed by atoms with Gasteiger partial charge in [-0.1, -0.05) is 0 Å². The minimum absolute atomic E-state index is 0.431. The van der Waals surface area contributed by atoms with Crippen LogP contribution in [0.2, 0.25) is 0 Å². The first-order valence-corrected chi connectivity index (χ1v) is 7.40. The summed E-state index contributed by atoms with van der Waals surface area (Å²) >= 11 is 0. The van der Waals surface area contributed by atoms with Crippen LogP contribution in [-0.2, 0) is 0 Å². The van der Waals surface area contributed by atoms with Crippen LogP contribution in [0.4, 0.5) is 26.1 Å². The number of anilines is 3. The van der Waals surface area contributed by atoms with Gasteiger partial charge in [-0.3, -0.25) is 0 Å². The molecule has 1 aromatic heterocycles. The van der Waals surface area contributed by atoms with E-state index in [1.54, 1.807) is 13.0 Å². The Kier molecular flexibility index (Phi) is 5.81. The van der Waals surface area contributed by atoms with Crippen molar-refractivity contribution in [1.29, 1.82) is 0 Å². The molecule has 0 aliphatic heterocycles. The minimum Gasteiger partial charge on any atom is -0.370 e. The lowest BCUT2D eigenvalue weighted by Crippen LogP contribution is -2.16. The van der Waals surface area contributed by atoms with Crippen LogP contribution < -0.4 is 10.6 Å². The summed E-state index contributed by atoms with van der Waals surface area (Å²) < 4.78 is 26.2. The lowest BCUT2D eigenvalue weighted by molar-refractivity contribution is 0.405. The number of halogens is 2. The van der Waals surface area contributed by atoms with E-state index in [-0.39, 0.29) is 0 Å². The molecule has 0 fully saturated rings. The monoisotopic (exact) mass is 321 g/mol. The number of aryl methyl sites for hydroxylation is 1. The second-order valence-electron chi connectivity index (χ2n) is 5.52. The number of rotatable bonds is 7. The minimum atomic E-state index is -0.900. The van der Waals surface area contributed by atoms with Gasteiger partial charge < -0.3 is 15.5 Å².